The van der Waals surface area contributed by atoms with Crippen LogP contribution in [0.5, 0.6) is 0 Å². The van der Waals surface area contributed by atoms with Crippen molar-refractivity contribution in [1.82, 2.24) is 14.5 Å². The van der Waals surface area contributed by atoms with Gasteiger partial charge >= 0.3 is 10.2 Å². The smallest absolute Gasteiger partial charge is 0.304 e. The average Bonchev–Trinajstić information content (AvgIpc) is 2.96. The van der Waals surface area contributed by atoms with Crippen LogP contribution in [0.2, 0.25) is 10.0 Å². The van der Waals surface area contributed by atoms with Gasteiger partial charge in [0, 0.05) is 49.2 Å². The van der Waals surface area contributed by atoms with Crippen LogP contribution in [0.3, 0.4) is 0 Å². The van der Waals surface area contributed by atoms with Crippen LogP contribution in [0.4, 0.5) is 5.69 Å². The minimum atomic E-state index is -4.10. The molecule has 0 saturated carbocycles. The number of hydrogen-bond donors (Lipinski definition) is 1. The molecule has 0 aromatic heterocycles. The van der Waals surface area contributed by atoms with E-state index in [1.807, 2.05) is 56.3 Å². The van der Waals surface area contributed by atoms with E-state index in [1.54, 1.807) is 31.2 Å². The van der Waals surface area contributed by atoms with Crippen LogP contribution in [0.25, 0.3) is 0 Å². The van der Waals surface area contributed by atoms with E-state index in [2.05, 4.69) is 5.32 Å². The molecule has 2 amide bonds. The van der Waals surface area contributed by atoms with Gasteiger partial charge in [-0.25, -0.2) is 4.31 Å². The third kappa shape index (κ3) is 8.95. The van der Waals surface area contributed by atoms with E-state index >= 15 is 0 Å². The standard InChI is InChI=1S/C32H40Cl2N4O4S/c1-6-7-18-35-32(40)30(20-25-12-9-8-10-13-25)37(21-26-27(33)14-11-15-28(26)34)31(39)22-38(43(41,42)36(4)5)29-19-23(2)16-17-24(29)3/h8-17,19,30H,6-7,18,20-22H2,1-5H3,(H,35,40). The zero-order valence-electron chi connectivity index (χ0n) is 25.3. The van der Waals surface area contributed by atoms with E-state index in [4.69, 9.17) is 23.2 Å². The SMILES string of the molecule is CCCCNC(=O)C(Cc1ccccc1)N(Cc1c(Cl)cccc1Cl)C(=O)CN(c1cc(C)ccc1C)S(=O)(=O)N(C)C. The summed E-state index contributed by atoms with van der Waals surface area (Å²) in [4.78, 5) is 29.6. The molecule has 0 bridgehead atoms. The summed E-state index contributed by atoms with van der Waals surface area (Å²) in [5.41, 5.74) is 3.21. The highest BCUT2D eigenvalue weighted by atomic mass is 35.5. The van der Waals surface area contributed by atoms with Crippen LogP contribution >= 0.6 is 23.2 Å². The molecule has 0 aliphatic rings. The van der Waals surface area contributed by atoms with Crippen molar-refractivity contribution in [1.29, 1.82) is 0 Å². The van der Waals surface area contributed by atoms with Crippen molar-refractivity contribution in [3.8, 4) is 0 Å². The maximum Gasteiger partial charge on any atom is 0.304 e. The number of nitrogens with one attached hydrogen (secondary N) is 1. The van der Waals surface area contributed by atoms with Crippen LogP contribution in [0.15, 0.2) is 66.7 Å². The average molecular weight is 648 g/mol. The zero-order valence-corrected chi connectivity index (χ0v) is 27.6. The van der Waals surface area contributed by atoms with E-state index in [0.717, 1.165) is 32.6 Å². The molecule has 3 aromatic carbocycles. The fourth-order valence-corrected chi connectivity index (χ4v) is 6.23. The highest BCUT2D eigenvalue weighted by Crippen LogP contribution is 2.29. The number of halogens is 2. The van der Waals surface area contributed by atoms with Crippen molar-refractivity contribution < 1.29 is 18.0 Å². The Balaban J connectivity index is 2.15. The largest absolute Gasteiger partial charge is 0.354 e. The molecular weight excluding hydrogens is 607 g/mol. The van der Waals surface area contributed by atoms with Crippen molar-refractivity contribution in [3.05, 3.63) is 99.0 Å². The van der Waals surface area contributed by atoms with E-state index in [9.17, 15) is 18.0 Å². The van der Waals surface area contributed by atoms with Gasteiger partial charge in [-0.15, -0.1) is 0 Å². The number of aryl methyl sites for hydroxylation is 2. The molecule has 0 spiro atoms. The summed E-state index contributed by atoms with van der Waals surface area (Å²) in [5.74, 6) is -0.920. The summed E-state index contributed by atoms with van der Waals surface area (Å²) in [5, 5.41) is 3.64. The molecule has 3 rings (SSSR count). The van der Waals surface area contributed by atoms with Crippen LogP contribution in [-0.4, -0.2) is 62.7 Å². The molecule has 43 heavy (non-hydrogen) atoms. The van der Waals surface area contributed by atoms with Gasteiger partial charge in [-0.3, -0.25) is 9.59 Å². The van der Waals surface area contributed by atoms with Gasteiger partial charge in [-0.2, -0.15) is 12.7 Å². The maximum absolute atomic E-state index is 14.4. The number of amides is 2. The van der Waals surface area contributed by atoms with E-state index in [1.165, 1.54) is 19.0 Å². The van der Waals surface area contributed by atoms with Crippen molar-refractivity contribution in [2.24, 2.45) is 0 Å². The Morgan fingerprint density at radius 3 is 2.19 bits per heavy atom. The molecule has 0 saturated heterocycles. The van der Waals surface area contributed by atoms with Crippen molar-refractivity contribution in [2.45, 2.75) is 52.6 Å². The lowest BCUT2D eigenvalue weighted by molar-refractivity contribution is -0.140. The van der Waals surface area contributed by atoms with Crippen molar-refractivity contribution >= 4 is 50.9 Å². The number of nitrogens with zero attached hydrogens (tertiary/aromatic N) is 3. The van der Waals surface area contributed by atoms with Crippen LogP contribution < -0.4 is 9.62 Å². The molecule has 232 valence electrons. The summed E-state index contributed by atoms with van der Waals surface area (Å²) >= 11 is 13.1. The molecule has 0 radical (unpaired) electrons. The molecule has 0 heterocycles. The molecule has 3 aromatic rings. The zero-order chi connectivity index (χ0) is 31.7. The first-order valence-corrected chi connectivity index (χ1v) is 16.3. The number of carbonyl (C=O) groups excluding carboxylic acids is 2. The maximum atomic E-state index is 14.4. The first-order chi connectivity index (χ1) is 20.4. The van der Waals surface area contributed by atoms with Crippen LogP contribution in [0.1, 0.15) is 42.0 Å². The number of hydrogen-bond acceptors (Lipinski definition) is 4. The van der Waals surface area contributed by atoms with Gasteiger partial charge in [0.05, 0.1) is 5.69 Å². The minimum absolute atomic E-state index is 0.0985. The Labute approximate surface area is 265 Å². The number of carbonyl (C=O) groups is 2. The third-order valence-corrected chi connectivity index (χ3v) is 9.66. The summed E-state index contributed by atoms with van der Waals surface area (Å²) in [6, 6.07) is 18.9. The molecular formula is C32H40Cl2N4O4S. The van der Waals surface area contributed by atoms with E-state index in [-0.39, 0.29) is 18.9 Å². The second-order valence-electron chi connectivity index (χ2n) is 10.7. The molecule has 1 unspecified atom stereocenters. The van der Waals surface area contributed by atoms with Gasteiger partial charge in [-0.1, -0.05) is 85.1 Å². The van der Waals surface area contributed by atoms with Gasteiger partial charge in [0.25, 0.3) is 0 Å². The van der Waals surface area contributed by atoms with Crippen molar-refractivity contribution in [3.63, 3.8) is 0 Å². The van der Waals surface area contributed by atoms with E-state index in [0.29, 0.717) is 33.4 Å². The lowest BCUT2D eigenvalue weighted by Gasteiger charge is -2.35. The van der Waals surface area contributed by atoms with Crippen molar-refractivity contribution in [2.75, 3.05) is 31.5 Å². The number of rotatable bonds is 14. The van der Waals surface area contributed by atoms with Gasteiger partial charge < -0.3 is 10.2 Å². The third-order valence-electron chi connectivity index (χ3n) is 7.14. The Morgan fingerprint density at radius 2 is 1.58 bits per heavy atom. The molecule has 0 aliphatic carbocycles. The monoisotopic (exact) mass is 646 g/mol. The summed E-state index contributed by atoms with van der Waals surface area (Å²) in [6.45, 7) is 5.47. The van der Waals surface area contributed by atoms with Gasteiger partial charge in [0.2, 0.25) is 11.8 Å². The fourth-order valence-electron chi connectivity index (χ4n) is 4.60. The number of benzene rings is 3. The predicted octanol–water partition coefficient (Wildman–Crippen LogP) is 5.78. The Hall–Kier alpha value is -3.11. The molecule has 11 heteroatoms. The second-order valence-corrected chi connectivity index (χ2v) is 13.5. The highest BCUT2D eigenvalue weighted by molar-refractivity contribution is 7.90. The van der Waals surface area contributed by atoms with Crippen LogP contribution in [0, 0.1) is 13.8 Å². The number of anilines is 1. The molecule has 8 nitrogen and oxygen atoms in total. The Morgan fingerprint density at radius 1 is 0.930 bits per heavy atom. The van der Waals surface area contributed by atoms with Gasteiger partial charge in [-0.05, 0) is 55.2 Å². The second kappa shape index (κ2) is 15.6. The lowest BCUT2D eigenvalue weighted by Crippen LogP contribution is -2.54. The fraction of sp³-hybridized carbons (Fsp3) is 0.375. The topological polar surface area (TPSA) is 90.0 Å². The quantitative estimate of drug-likeness (QED) is 0.225. The summed E-state index contributed by atoms with van der Waals surface area (Å²) in [6.07, 6.45) is 1.86. The first-order valence-electron chi connectivity index (χ1n) is 14.2. The Bertz CT molecular complexity index is 1500. The van der Waals surface area contributed by atoms with Gasteiger partial charge in [0.15, 0.2) is 0 Å². The minimum Gasteiger partial charge on any atom is -0.354 e. The normalized spacial score (nSPS) is 12.2. The molecule has 1 atom stereocenters. The predicted molar refractivity (Wildman–Crippen MR) is 175 cm³/mol. The molecule has 0 aliphatic heterocycles. The number of unbranched alkanes of at least 4 members (excludes halogenated alkanes) is 1. The summed E-state index contributed by atoms with van der Waals surface area (Å²) in [7, 11) is -1.27. The van der Waals surface area contributed by atoms with Gasteiger partial charge in [0.1, 0.15) is 12.6 Å². The molecule has 0 fully saturated rings. The first kappa shape index (κ1) is 34.4. The lowest BCUT2D eigenvalue weighted by atomic mass is 10.0. The molecule has 1 N–H and O–H groups in total. The van der Waals surface area contributed by atoms with Crippen LogP contribution in [-0.2, 0) is 32.8 Å². The summed E-state index contributed by atoms with van der Waals surface area (Å²) < 4.78 is 29.5. The Kier molecular flexibility index (Phi) is 12.4. The van der Waals surface area contributed by atoms with E-state index < -0.39 is 28.7 Å². The highest BCUT2D eigenvalue weighted by Gasteiger charge is 2.35.